The highest BCUT2D eigenvalue weighted by Crippen LogP contribution is 2.42. The maximum Gasteiger partial charge on any atom is 0.534 e. The van der Waals surface area contributed by atoms with Crippen LogP contribution in [0, 0.1) is 0 Å². The molecule has 16 heteroatoms. The van der Waals surface area contributed by atoms with Crippen molar-refractivity contribution in [2.24, 2.45) is 5.73 Å². The summed E-state index contributed by atoms with van der Waals surface area (Å²) < 4.78 is 64.2. The summed E-state index contributed by atoms with van der Waals surface area (Å²) in [6.45, 7) is 0. The van der Waals surface area contributed by atoms with Crippen molar-refractivity contribution >= 4 is 39.7 Å². The van der Waals surface area contributed by atoms with Gasteiger partial charge in [-0.2, -0.15) is 21.6 Å². The van der Waals surface area contributed by atoms with Gasteiger partial charge in [0.2, 0.25) is 5.91 Å². The van der Waals surface area contributed by atoms with Crippen molar-refractivity contribution in [2.75, 3.05) is 5.75 Å². The van der Waals surface area contributed by atoms with E-state index in [9.17, 15) is 46.2 Å². The van der Waals surface area contributed by atoms with Crippen molar-refractivity contribution in [2.45, 2.75) is 23.0 Å². The third kappa shape index (κ3) is 4.20. The quantitative estimate of drug-likeness (QED) is 0.237. The molecule has 1 aromatic carbocycles. The number of rotatable bonds is 6. The van der Waals surface area contributed by atoms with Crippen LogP contribution in [0.1, 0.15) is 11.6 Å². The molecule has 0 radical (unpaired) electrons. The van der Waals surface area contributed by atoms with E-state index in [0.29, 0.717) is 22.2 Å². The number of phenolic OH excluding ortho intramolecular Hbond substituents is 1. The van der Waals surface area contributed by atoms with Crippen LogP contribution in [-0.4, -0.2) is 64.0 Å². The first-order chi connectivity index (χ1) is 14.7. The molecule has 1 aromatic rings. The largest absolute Gasteiger partial charge is 0.534 e. The van der Waals surface area contributed by atoms with E-state index in [1.807, 2.05) is 0 Å². The average Bonchev–Trinajstić information content (AvgIpc) is 2.70. The maximum atomic E-state index is 12.6. The number of hydrogen-bond donors (Lipinski definition) is 4. The first-order valence-electron chi connectivity index (χ1n) is 8.51. The number of carbonyl (C=O) groups is 3. The number of nitrogens with zero attached hydrogens (tertiary/aromatic N) is 1. The number of amides is 2. The van der Waals surface area contributed by atoms with Crippen LogP contribution in [0.3, 0.4) is 0 Å². The van der Waals surface area contributed by atoms with Gasteiger partial charge in [0.15, 0.2) is 11.5 Å². The summed E-state index contributed by atoms with van der Waals surface area (Å²) in [7, 11) is -6.15. The lowest BCUT2D eigenvalue weighted by molar-refractivity contribution is -0.151. The lowest BCUT2D eigenvalue weighted by Crippen LogP contribution is -2.71. The van der Waals surface area contributed by atoms with E-state index in [4.69, 9.17) is 5.73 Å². The van der Waals surface area contributed by atoms with E-state index < -0.39 is 68.1 Å². The Balaban J connectivity index is 1.78. The average molecular weight is 497 g/mol. The van der Waals surface area contributed by atoms with Gasteiger partial charge in [0.05, 0.1) is 5.75 Å². The van der Waals surface area contributed by atoms with Crippen LogP contribution in [0.4, 0.5) is 13.2 Å². The number of phenols is 1. The predicted molar refractivity (Wildman–Crippen MR) is 101 cm³/mol. The van der Waals surface area contributed by atoms with E-state index in [2.05, 4.69) is 9.50 Å². The van der Waals surface area contributed by atoms with Gasteiger partial charge in [0.1, 0.15) is 23.2 Å². The Kier molecular flexibility index (Phi) is 6.05. The summed E-state index contributed by atoms with van der Waals surface area (Å²) in [5.74, 6) is -5.46. The lowest BCUT2D eigenvalue weighted by atomic mass is 10.0. The van der Waals surface area contributed by atoms with Gasteiger partial charge in [-0.15, -0.1) is 11.8 Å². The van der Waals surface area contributed by atoms with Gasteiger partial charge in [0, 0.05) is 0 Å². The zero-order chi connectivity index (χ0) is 24.0. The van der Waals surface area contributed by atoms with Crippen molar-refractivity contribution in [3.63, 3.8) is 0 Å². The van der Waals surface area contributed by atoms with Gasteiger partial charge in [-0.25, -0.2) is 4.79 Å². The first kappa shape index (κ1) is 23.7. The third-order valence-corrected chi connectivity index (χ3v) is 6.70. The summed E-state index contributed by atoms with van der Waals surface area (Å²) in [4.78, 5) is 36.9. The topological polar surface area (TPSA) is 176 Å². The van der Waals surface area contributed by atoms with E-state index in [-0.39, 0.29) is 5.75 Å². The van der Waals surface area contributed by atoms with Crippen LogP contribution in [0.25, 0.3) is 0 Å². The van der Waals surface area contributed by atoms with Crippen LogP contribution in [0.15, 0.2) is 35.7 Å². The molecule has 0 bridgehead atoms. The molecule has 1 saturated heterocycles. The number of thioether (sulfide) groups is 1. The van der Waals surface area contributed by atoms with E-state index in [0.717, 1.165) is 0 Å². The molecule has 2 aliphatic rings. The molecule has 1 fully saturated rings. The van der Waals surface area contributed by atoms with Crippen LogP contribution >= 0.6 is 11.8 Å². The number of nitrogens with two attached hydrogens (primary N) is 1. The number of aliphatic carboxylic acids is 1. The summed E-state index contributed by atoms with van der Waals surface area (Å²) in [6.07, 6.45) is 0. The zero-order valence-corrected chi connectivity index (χ0v) is 17.2. The first-order valence-corrected chi connectivity index (χ1v) is 11.0. The van der Waals surface area contributed by atoms with Crippen LogP contribution in [0.5, 0.6) is 5.75 Å². The van der Waals surface area contributed by atoms with Crippen molar-refractivity contribution in [3.05, 3.63) is 41.3 Å². The van der Waals surface area contributed by atoms with Crippen molar-refractivity contribution in [1.82, 2.24) is 10.2 Å². The monoisotopic (exact) mass is 497 g/mol. The SMILES string of the molecule is N[C@@H](C(=O)N[C@@H]1C(=O)N2C(C(=O)O)=C(OS(=O)(=O)C(F)(F)F)CS[C@H]12)c1ccc(O)cc1. The third-order valence-electron chi connectivity index (χ3n) is 4.46. The molecule has 0 unspecified atom stereocenters. The normalized spacial score (nSPS) is 22.0. The second-order valence-corrected chi connectivity index (χ2v) is 9.17. The fraction of sp³-hybridized carbons (Fsp3) is 0.312. The fourth-order valence-electron chi connectivity index (χ4n) is 2.91. The molecule has 5 N–H and O–H groups in total. The highest BCUT2D eigenvalue weighted by molar-refractivity contribution is 8.00. The van der Waals surface area contributed by atoms with Crippen LogP contribution in [-0.2, 0) is 28.7 Å². The van der Waals surface area contributed by atoms with Crippen LogP contribution in [0.2, 0.25) is 0 Å². The van der Waals surface area contributed by atoms with Crippen molar-refractivity contribution in [3.8, 4) is 5.75 Å². The van der Waals surface area contributed by atoms with E-state index in [1.165, 1.54) is 24.3 Å². The number of nitrogens with one attached hydrogen (secondary N) is 1. The number of alkyl halides is 3. The minimum Gasteiger partial charge on any atom is -0.508 e. The smallest absolute Gasteiger partial charge is 0.508 e. The highest BCUT2D eigenvalue weighted by atomic mass is 32.2. The van der Waals surface area contributed by atoms with Gasteiger partial charge in [-0.3, -0.25) is 14.5 Å². The van der Waals surface area contributed by atoms with Crippen LogP contribution < -0.4 is 11.1 Å². The van der Waals surface area contributed by atoms with Gasteiger partial charge < -0.3 is 25.4 Å². The number of aromatic hydroxyl groups is 1. The highest BCUT2D eigenvalue weighted by Gasteiger charge is 2.57. The Bertz CT molecular complexity index is 1100. The number of carbonyl (C=O) groups excluding carboxylic acids is 2. The molecule has 2 amide bonds. The fourth-order valence-corrected chi connectivity index (χ4v) is 4.74. The second-order valence-electron chi connectivity index (χ2n) is 6.53. The Morgan fingerprint density at radius 2 is 1.88 bits per heavy atom. The van der Waals surface area contributed by atoms with Gasteiger partial charge in [-0.05, 0) is 17.7 Å². The maximum absolute atomic E-state index is 12.6. The standard InChI is InChI=1S/C16H14F3N3O8S2/c17-16(18,19)32(28,29)30-8-5-31-14-10(13(25)22(14)11(8)15(26)27)21-12(24)9(20)6-1-3-7(23)4-2-6/h1-4,9-10,14,23H,5,20H2,(H,21,24)(H,26,27)/t9-,10-,14-/m1/s1. The Labute approximate surface area is 182 Å². The molecule has 0 aliphatic carbocycles. The summed E-state index contributed by atoms with van der Waals surface area (Å²) in [5, 5.41) is 19.9. The van der Waals surface area contributed by atoms with Gasteiger partial charge in [0.25, 0.3) is 5.91 Å². The number of benzene rings is 1. The number of carboxylic acids is 1. The minimum absolute atomic E-state index is 0.0664. The van der Waals surface area contributed by atoms with Crippen molar-refractivity contribution < 1.29 is 50.4 Å². The van der Waals surface area contributed by atoms with E-state index in [1.54, 1.807) is 0 Å². The molecular formula is C16H14F3N3O8S2. The van der Waals surface area contributed by atoms with Gasteiger partial charge in [-0.1, -0.05) is 12.1 Å². The number of carboxylic acid groups (broad SMARTS) is 1. The lowest BCUT2D eigenvalue weighted by Gasteiger charge is -2.49. The van der Waals surface area contributed by atoms with Gasteiger partial charge >= 0.3 is 21.6 Å². The second kappa shape index (κ2) is 8.18. The molecule has 0 aromatic heterocycles. The Morgan fingerprint density at radius 1 is 1.28 bits per heavy atom. The molecule has 3 atom stereocenters. The summed E-state index contributed by atoms with van der Waals surface area (Å²) >= 11 is 0.695. The molecule has 32 heavy (non-hydrogen) atoms. The molecule has 0 saturated carbocycles. The molecule has 11 nitrogen and oxygen atoms in total. The number of hydrogen-bond acceptors (Lipinski definition) is 9. The van der Waals surface area contributed by atoms with E-state index >= 15 is 0 Å². The molecule has 2 aliphatic heterocycles. The molecule has 3 rings (SSSR count). The number of β-lactam (4-membered cyclic amide) rings is 1. The predicted octanol–water partition coefficient (Wildman–Crippen LogP) is -0.0457. The molecular weight excluding hydrogens is 483 g/mol. The molecule has 2 heterocycles. The number of halogens is 3. The van der Waals surface area contributed by atoms with Crippen molar-refractivity contribution in [1.29, 1.82) is 0 Å². The minimum atomic E-state index is -6.15. The Morgan fingerprint density at radius 3 is 2.41 bits per heavy atom. The summed E-state index contributed by atoms with van der Waals surface area (Å²) in [6, 6.07) is 2.83. The summed E-state index contributed by atoms with van der Waals surface area (Å²) in [5.41, 5.74) is -0.750. The Hall–Kier alpha value is -2.98. The zero-order valence-electron chi connectivity index (χ0n) is 15.6. The molecule has 174 valence electrons. The molecule has 0 spiro atoms. The number of fused-ring (bicyclic) bond motifs is 1.